The molecule has 1 radical (unpaired) electrons. The number of nitrogens with zero attached hydrogens (tertiary/aromatic N) is 1. The lowest BCUT2D eigenvalue weighted by Crippen LogP contribution is -1.85. The van der Waals surface area contributed by atoms with Gasteiger partial charge in [0.1, 0.15) is 6.07 Å². The smallest absolute Gasteiger partial charge is 0.249 e. The van der Waals surface area contributed by atoms with Gasteiger partial charge in [0.2, 0.25) is 6.10 Å². The molecular weight excluding hydrogens is 90.1 g/mol. The fraction of sp³-hybridized carbons (Fsp3) is 0.200. The molecule has 0 bridgehead atoms. The van der Waals surface area contributed by atoms with E-state index in [1.165, 1.54) is 6.26 Å². The normalized spacial score (nSPS) is 18.7. The molecule has 0 saturated carbocycles. The molecule has 0 saturated heterocycles. The highest BCUT2D eigenvalue weighted by atomic mass is 16.5. The molecule has 0 aromatic rings. The molecule has 0 amide bonds. The van der Waals surface area contributed by atoms with Gasteiger partial charge in [0.05, 0.1) is 6.26 Å². The zero-order valence-electron chi connectivity index (χ0n) is 3.72. The number of rotatable bonds is 0. The molecular formula is C5H4NO. The van der Waals surface area contributed by atoms with Crippen molar-refractivity contribution < 1.29 is 4.74 Å². The molecule has 0 N–H and O–H groups in total. The molecule has 2 heteroatoms. The van der Waals surface area contributed by atoms with Gasteiger partial charge in [-0.15, -0.1) is 0 Å². The second-order valence-corrected chi connectivity index (χ2v) is 1.23. The first-order valence-corrected chi connectivity index (χ1v) is 2.01. The Kier molecular flexibility index (Phi) is 0.991. The van der Waals surface area contributed by atoms with Crippen LogP contribution >= 0.6 is 0 Å². The summed E-state index contributed by atoms with van der Waals surface area (Å²) in [6, 6.07) is 1.90. The van der Waals surface area contributed by atoms with Crippen LogP contribution in [0.5, 0.6) is 0 Å². The van der Waals surface area contributed by atoms with Gasteiger partial charge in [-0.25, -0.2) is 0 Å². The number of nitriles is 1. The average Bonchev–Trinajstić information content (AvgIpc) is 2.14. The van der Waals surface area contributed by atoms with Crippen molar-refractivity contribution in [1.82, 2.24) is 0 Å². The Hall–Kier alpha value is -0.970. The molecule has 0 fully saturated rings. The van der Waals surface area contributed by atoms with Crippen LogP contribution in [0.25, 0.3) is 0 Å². The first kappa shape index (κ1) is 4.20. The molecule has 0 unspecified atom stereocenters. The van der Waals surface area contributed by atoms with Crippen molar-refractivity contribution in [2.24, 2.45) is 0 Å². The quantitative estimate of drug-likeness (QED) is 0.448. The molecule has 0 aromatic carbocycles. The second-order valence-electron chi connectivity index (χ2n) is 1.23. The third-order valence-corrected chi connectivity index (χ3v) is 0.734. The molecule has 35 valence electrons. The maximum absolute atomic E-state index is 8.11. The van der Waals surface area contributed by atoms with E-state index < -0.39 is 0 Å². The van der Waals surface area contributed by atoms with Gasteiger partial charge < -0.3 is 4.74 Å². The minimum atomic E-state index is 0.486. The van der Waals surface area contributed by atoms with Crippen LogP contribution in [0.1, 0.15) is 6.42 Å². The van der Waals surface area contributed by atoms with Crippen molar-refractivity contribution in [1.29, 1.82) is 5.26 Å². The maximum Gasteiger partial charge on any atom is 0.249 e. The molecule has 1 heterocycles. The molecule has 0 spiro atoms. The Morgan fingerprint density at radius 3 is 3.00 bits per heavy atom. The minimum Gasteiger partial charge on any atom is -0.474 e. The van der Waals surface area contributed by atoms with Gasteiger partial charge in [0.15, 0.2) is 0 Å². The van der Waals surface area contributed by atoms with Gasteiger partial charge in [-0.3, -0.25) is 0 Å². The van der Waals surface area contributed by atoms with Crippen molar-refractivity contribution in [3.63, 3.8) is 0 Å². The molecule has 2 nitrogen and oxygen atoms in total. The van der Waals surface area contributed by atoms with Crippen LogP contribution in [0, 0.1) is 17.4 Å². The third-order valence-electron chi connectivity index (χ3n) is 0.734. The fourth-order valence-corrected chi connectivity index (χ4v) is 0.406. The summed E-state index contributed by atoms with van der Waals surface area (Å²) in [6.07, 6.45) is 4.48. The molecule has 0 aliphatic carbocycles. The van der Waals surface area contributed by atoms with Crippen LogP contribution in [0.3, 0.4) is 0 Å². The highest BCUT2D eigenvalue weighted by Crippen LogP contribution is 2.13. The fourth-order valence-electron chi connectivity index (χ4n) is 0.406. The predicted molar refractivity (Wildman–Crippen MR) is 23.7 cm³/mol. The third kappa shape index (κ3) is 0.716. The lowest BCUT2D eigenvalue weighted by atomic mass is 10.3. The molecule has 7 heavy (non-hydrogen) atoms. The number of hydrogen-bond donors (Lipinski definition) is 0. The Balaban J connectivity index is 2.39. The topological polar surface area (TPSA) is 33.0 Å². The van der Waals surface area contributed by atoms with E-state index in [2.05, 4.69) is 4.74 Å². The Morgan fingerprint density at radius 1 is 1.86 bits per heavy atom. The van der Waals surface area contributed by atoms with Gasteiger partial charge >= 0.3 is 0 Å². The zero-order valence-corrected chi connectivity index (χ0v) is 3.72. The van der Waals surface area contributed by atoms with E-state index in [4.69, 9.17) is 5.26 Å². The summed E-state index contributed by atoms with van der Waals surface area (Å²) in [5.74, 6) is 0. The summed E-state index contributed by atoms with van der Waals surface area (Å²) in [4.78, 5) is 0. The van der Waals surface area contributed by atoms with Crippen LogP contribution in [-0.4, -0.2) is 0 Å². The van der Waals surface area contributed by atoms with E-state index in [-0.39, 0.29) is 0 Å². The maximum atomic E-state index is 8.11. The largest absolute Gasteiger partial charge is 0.474 e. The van der Waals surface area contributed by atoms with Gasteiger partial charge in [-0.2, -0.15) is 5.26 Å². The first-order chi connectivity index (χ1) is 3.43. The lowest BCUT2D eigenvalue weighted by Gasteiger charge is -1.91. The summed E-state index contributed by atoms with van der Waals surface area (Å²) in [6.45, 7) is 0. The Bertz CT molecular complexity index is 115. The Morgan fingerprint density at radius 2 is 2.71 bits per heavy atom. The predicted octanol–water partition coefficient (Wildman–Crippen LogP) is 0.976. The average molecular weight is 94.1 g/mol. The van der Waals surface area contributed by atoms with Crippen molar-refractivity contribution in [3.8, 4) is 6.07 Å². The highest BCUT2D eigenvalue weighted by Gasteiger charge is 2.09. The lowest BCUT2D eigenvalue weighted by molar-refractivity contribution is 0.313. The molecule has 0 aromatic heterocycles. The van der Waals surface area contributed by atoms with E-state index in [1.807, 2.05) is 6.07 Å². The van der Waals surface area contributed by atoms with Gasteiger partial charge in [-0.05, 0) is 6.08 Å². The van der Waals surface area contributed by atoms with Crippen molar-refractivity contribution >= 4 is 0 Å². The van der Waals surface area contributed by atoms with Crippen molar-refractivity contribution in [2.45, 2.75) is 6.42 Å². The summed E-state index contributed by atoms with van der Waals surface area (Å²) in [5.41, 5.74) is 0. The van der Waals surface area contributed by atoms with Gasteiger partial charge in [0.25, 0.3) is 0 Å². The van der Waals surface area contributed by atoms with E-state index in [1.54, 1.807) is 6.08 Å². The Labute approximate surface area is 42.0 Å². The van der Waals surface area contributed by atoms with Crippen LogP contribution in [-0.2, 0) is 4.74 Å². The minimum absolute atomic E-state index is 0.486. The summed E-state index contributed by atoms with van der Waals surface area (Å²) >= 11 is 0. The monoisotopic (exact) mass is 94.0 g/mol. The van der Waals surface area contributed by atoms with E-state index in [9.17, 15) is 0 Å². The van der Waals surface area contributed by atoms with E-state index in [0.717, 1.165) is 0 Å². The standard InChI is InChI=1S/C5H4NO/c6-4-5-2-1-3-7-5/h1,3H,2H2. The number of ether oxygens (including phenoxy) is 1. The second kappa shape index (κ2) is 1.65. The van der Waals surface area contributed by atoms with Crippen molar-refractivity contribution in [3.05, 3.63) is 18.4 Å². The van der Waals surface area contributed by atoms with Crippen LogP contribution in [0.4, 0.5) is 0 Å². The molecule has 1 rings (SSSR count). The summed E-state index contributed by atoms with van der Waals surface area (Å²) < 4.78 is 4.68. The van der Waals surface area contributed by atoms with Crippen LogP contribution < -0.4 is 0 Å². The first-order valence-electron chi connectivity index (χ1n) is 2.01. The van der Waals surface area contributed by atoms with Crippen LogP contribution in [0.15, 0.2) is 12.3 Å². The molecule has 1 aliphatic heterocycles. The molecule has 0 atom stereocenters. The van der Waals surface area contributed by atoms with Crippen LogP contribution in [0.2, 0.25) is 0 Å². The van der Waals surface area contributed by atoms with Gasteiger partial charge in [-0.1, -0.05) is 0 Å². The number of hydrogen-bond acceptors (Lipinski definition) is 2. The molecule has 1 aliphatic rings. The van der Waals surface area contributed by atoms with E-state index in [0.29, 0.717) is 12.5 Å². The summed E-state index contributed by atoms with van der Waals surface area (Å²) in [5, 5.41) is 8.11. The summed E-state index contributed by atoms with van der Waals surface area (Å²) in [7, 11) is 0. The van der Waals surface area contributed by atoms with E-state index >= 15 is 0 Å². The van der Waals surface area contributed by atoms with Crippen molar-refractivity contribution in [2.75, 3.05) is 0 Å². The zero-order chi connectivity index (χ0) is 5.11. The SMILES string of the molecule is N#C[C]1CC=CO1. The highest BCUT2D eigenvalue weighted by molar-refractivity contribution is 5.12. The van der Waals surface area contributed by atoms with Gasteiger partial charge in [0, 0.05) is 6.42 Å².